The third-order valence-corrected chi connectivity index (χ3v) is 5.41. The van der Waals surface area contributed by atoms with Gasteiger partial charge in [0.1, 0.15) is 11.3 Å². The number of ether oxygens (including phenoxy) is 1. The van der Waals surface area contributed by atoms with Crippen molar-refractivity contribution in [3.8, 4) is 17.2 Å². The predicted molar refractivity (Wildman–Crippen MR) is 119 cm³/mol. The molecule has 4 aromatic rings. The number of aromatic nitrogens is 1. The van der Waals surface area contributed by atoms with E-state index in [0.29, 0.717) is 34.0 Å². The van der Waals surface area contributed by atoms with Gasteiger partial charge in [-0.3, -0.25) is 14.9 Å². The highest BCUT2D eigenvalue weighted by atomic mass is 79.9. The van der Waals surface area contributed by atoms with Crippen LogP contribution in [-0.2, 0) is 0 Å². The van der Waals surface area contributed by atoms with Crippen molar-refractivity contribution in [2.24, 2.45) is 0 Å². The zero-order chi connectivity index (χ0) is 22.1. The molecular formula is C22H16BrN3O5. The number of carbonyl (C=O) groups is 1. The van der Waals surface area contributed by atoms with Crippen LogP contribution in [0.5, 0.6) is 5.75 Å². The summed E-state index contributed by atoms with van der Waals surface area (Å²) in [6.45, 7) is 1.55. The van der Waals surface area contributed by atoms with Gasteiger partial charge in [0.25, 0.3) is 11.6 Å². The van der Waals surface area contributed by atoms with Crippen molar-refractivity contribution in [1.29, 1.82) is 0 Å². The van der Waals surface area contributed by atoms with Crippen LogP contribution in [0, 0.1) is 17.0 Å². The van der Waals surface area contributed by atoms with Gasteiger partial charge in [0.05, 0.1) is 16.5 Å². The molecule has 0 atom stereocenters. The normalized spacial score (nSPS) is 10.8. The number of halogens is 1. The van der Waals surface area contributed by atoms with Gasteiger partial charge in [0, 0.05) is 28.4 Å². The number of methoxy groups -OCH3 is 1. The molecule has 0 spiro atoms. The molecule has 0 unspecified atom stereocenters. The molecule has 0 aliphatic carbocycles. The predicted octanol–water partition coefficient (Wildman–Crippen LogP) is 5.73. The number of benzene rings is 3. The zero-order valence-electron chi connectivity index (χ0n) is 16.5. The van der Waals surface area contributed by atoms with Gasteiger partial charge in [-0.2, -0.15) is 0 Å². The molecule has 0 fully saturated rings. The Hall–Kier alpha value is -3.72. The summed E-state index contributed by atoms with van der Waals surface area (Å²) in [5.41, 5.74) is 2.83. The van der Waals surface area contributed by atoms with Crippen LogP contribution in [0.1, 0.15) is 15.9 Å². The highest BCUT2D eigenvalue weighted by Gasteiger charge is 2.18. The topological polar surface area (TPSA) is 108 Å². The first-order chi connectivity index (χ1) is 14.9. The van der Waals surface area contributed by atoms with E-state index in [4.69, 9.17) is 9.15 Å². The van der Waals surface area contributed by atoms with Crippen molar-refractivity contribution in [2.45, 2.75) is 6.92 Å². The second kappa shape index (κ2) is 8.19. The van der Waals surface area contributed by atoms with E-state index in [2.05, 4.69) is 26.2 Å². The second-order valence-corrected chi connectivity index (χ2v) is 7.57. The molecule has 1 aromatic heterocycles. The number of nitrogens with one attached hydrogen (secondary N) is 1. The van der Waals surface area contributed by atoms with Crippen molar-refractivity contribution in [3.63, 3.8) is 0 Å². The van der Waals surface area contributed by atoms with Crippen molar-refractivity contribution in [1.82, 2.24) is 4.98 Å². The molecule has 4 rings (SSSR count). The van der Waals surface area contributed by atoms with Crippen LogP contribution in [0.15, 0.2) is 63.5 Å². The number of nitro groups is 1. The molecule has 1 amide bonds. The Labute approximate surface area is 185 Å². The Morgan fingerprint density at radius 1 is 1.19 bits per heavy atom. The summed E-state index contributed by atoms with van der Waals surface area (Å²) in [5.74, 6) is 0.681. The summed E-state index contributed by atoms with van der Waals surface area (Å²) in [7, 11) is 1.59. The minimum Gasteiger partial charge on any atom is -0.496 e. The highest BCUT2D eigenvalue weighted by Crippen LogP contribution is 2.32. The van der Waals surface area contributed by atoms with Gasteiger partial charge in [0.15, 0.2) is 5.58 Å². The van der Waals surface area contributed by atoms with Gasteiger partial charge >= 0.3 is 0 Å². The largest absolute Gasteiger partial charge is 0.496 e. The number of anilines is 1. The first-order valence-corrected chi connectivity index (χ1v) is 9.96. The lowest BCUT2D eigenvalue weighted by Gasteiger charge is -2.07. The maximum absolute atomic E-state index is 12.7. The molecule has 0 radical (unpaired) electrons. The molecule has 0 aliphatic heterocycles. The van der Waals surface area contributed by atoms with Crippen molar-refractivity contribution in [3.05, 3.63) is 80.3 Å². The SMILES string of the molecule is COc1ccc(-c2nc3cc(NC(=O)c4cccc([N+](=O)[O-])c4C)ccc3o2)cc1Br. The van der Waals surface area contributed by atoms with E-state index in [1.165, 1.54) is 12.1 Å². The van der Waals surface area contributed by atoms with Gasteiger partial charge < -0.3 is 14.5 Å². The minimum absolute atomic E-state index is 0.102. The third-order valence-electron chi connectivity index (χ3n) is 4.79. The first kappa shape index (κ1) is 20.5. The third kappa shape index (κ3) is 3.99. The Morgan fingerprint density at radius 3 is 2.71 bits per heavy atom. The average molecular weight is 482 g/mol. The van der Waals surface area contributed by atoms with Gasteiger partial charge in [-0.25, -0.2) is 4.98 Å². The Morgan fingerprint density at radius 2 is 2.00 bits per heavy atom. The number of carbonyl (C=O) groups excluding carboxylic acids is 1. The standard InChI is InChI=1S/C22H16BrN3O5/c1-12-15(4-3-5-18(12)26(28)29)21(27)24-14-7-9-20-17(11-14)25-22(31-20)13-6-8-19(30-2)16(23)10-13/h3-11H,1-2H3,(H,24,27). The monoisotopic (exact) mass is 481 g/mol. The Balaban J connectivity index is 1.62. The summed E-state index contributed by atoms with van der Waals surface area (Å²) in [6, 6.07) is 15.0. The molecule has 0 aliphatic rings. The summed E-state index contributed by atoms with van der Waals surface area (Å²) < 4.78 is 11.8. The molecule has 0 bridgehead atoms. The second-order valence-electron chi connectivity index (χ2n) is 6.71. The van der Waals surface area contributed by atoms with Crippen molar-refractivity contribution in [2.75, 3.05) is 12.4 Å². The van der Waals surface area contributed by atoms with Crippen molar-refractivity contribution < 1.29 is 18.9 Å². The summed E-state index contributed by atoms with van der Waals surface area (Å²) in [6.07, 6.45) is 0. The quantitative estimate of drug-likeness (QED) is 0.287. The van der Waals surface area contributed by atoms with Crippen LogP contribution in [0.2, 0.25) is 0 Å². The van der Waals surface area contributed by atoms with E-state index in [0.717, 1.165) is 10.0 Å². The summed E-state index contributed by atoms with van der Waals surface area (Å²) >= 11 is 3.45. The van der Waals surface area contributed by atoms with Gasteiger partial charge in [-0.05, 0) is 65.3 Å². The number of rotatable bonds is 5. The minimum atomic E-state index is -0.507. The number of fused-ring (bicyclic) bond motifs is 1. The molecule has 9 heteroatoms. The van der Waals surface area contributed by atoms with Gasteiger partial charge in [0.2, 0.25) is 5.89 Å². The van der Waals surface area contributed by atoms with Crippen LogP contribution in [-0.4, -0.2) is 22.9 Å². The fourth-order valence-electron chi connectivity index (χ4n) is 3.19. The molecule has 156 valence electrons. The fourth-order valence-corrected chi connectivity index (χ4v) is 3.73. The molecule has 0 saturated carbocycles. The highest BCUT2D eigenvalue weighted by molar-refractivity contribution is 9.10. The molecule has 0 saturated heterocycles. The molecule has 8 nitrogen and oxygen atoms in total. The summed E-state index contributed by atoms with van der Waals surface area (Å²) in [4.78, 5) is 27.8. The molecule has 1 heterocycles. The summed E-state index contributed by atoms with van der Waals surface area (Å²) in [5, 5.41) is 13.9. The van der Waals surface area contributed by atoms with E-state index in [1.807, 2.05) is 12.1 Å². The lowest BCUT2D eigenvalue weighted by Crippen LogP contribution is -2.14. The maximum atomic E-state index is 12.7. The smallest absolute Gasteiger partial charge is 0.273 e. The Kier molecular flexibility index (Phi) is 5.43. The van der Waals surface area contributed by atoms with E-state index in [9.17, 15) is 14.9 Å². The molecule has 1 N–H and O–H groups in total. The average Bonchev–Trinajstić information content (AvgIpc) is 3.17. The maximum Gasteiger partial charge on any atom is 0.273 e. The number of nitro benzene ring substituents is 1. The van der Waals surface area contributed by atoms with Crippen LogP contribution in [0.25, 0.3) is 22.6 Å². The Bertz CT molecular complexity index is 1330. The van der Waals surface area contributed by atoms with E-state index in [1.54, 1.807) is 44.4 Å². The van der Waals surface area contributed by atoms with Crippen LogP contribution in [0.3, 0.4) is 0 Å². The molecule has 31 heavy (non-hydrogen) atoms. The number of nitrogens with zero attached hydrogens (tertiary/aromatic N) is 2. The number of hydrogen-bond donors (Lipinski definition) is 1. The first-order valence-electron chi connectivity index (χ1n) is 9.17. The number of hydrogen-bond acceptors (Lipinski definition) is 6. The van der Waals surface area contributed by atoms with E-state index >= 15 is 0 Å². The van der Waals surface area contributed by atoms with E-state index < -0.39 is 10.8 Å². The van der Waals surface area contributed by atoms with Crippen LogP contribution < -0.4 is 10.1 Å². The van der Waals surface area contributed by atoms with Crippen LogP contribution in [0.4, 0.5) is 11.4 Å². The fraction of sp³-hybridized carbons (Fsp3) is 0.0909. The van der Waals surface area contributed by atoms with E-state index in [-0.39, 0.29) is 11.3 Å². The zero-order valence-corrected chi connectivity index (χ0v) is 18.1. The number of oxazole rings is 1. The lowest BCUT2D eigenvalue weighted by molar-refractivity contribution is -0.385. The van der Waals surface area contributed by atoms with Crippen LogP contribution >= 0.6 is 15.9 Å². The lowest BCUT2D eigenvalue weighted by atomic mass is 10.1. The molecular weight excluding hydrogens is 466 g/mol. The van der Waals surface area contributed by atoms with Gasteiger partial charge in [-0.15, -0.1) is 0 Å². The molecule has 3 aromatic carbocycles. The van der Waals surface area contributed by atoms with Gasteiger partial charge in [-0.1, -0.05) is 6.07 Å². The number of amides is 1. The van der Waals surface area contributed by atoms with Crippen molar-refractivity contribution >= 4 is 44.3 Å².